The van der Waals surface area contributed by atoms with Gasteiger partial charge in [0.25, 0.3) is 5.91 Å². The lowest BCUT2D eigenvalue weighted by atomic mass is 10.1. The zero-order valence-corrected chi connectivity index (χ0v) is 14.9. The predicted molar refractivity (Wildman–Crippen MR) is 99.9 cm³/mol. The molecule has 6 nitrogen and oxygen atoms in total. The minimum Gasteiger partial charge on any atom is -0.493 e. The largest absolute Gasteiger partial charge is 0.493 e. The Morgan fingerprint density at radius 2 is 2.19 bits per heavy atom. The maximum Gasteiger partial charge on any atom is 0.266 e. The number of carbonyl (C=O) groups is 1. The van der Waals surface area contributed by atoms with E-state index in [0.29, 0.717) is 29.4 Å². The minimum atomic E-state index is -0.497. The van der Waals surface area contributed by atoms with Crippen LogP contribution in [0.15, 0.2) is 48.3 Å². The number of anilines is 1. The molecule has 0 atom stereocenters. The average molecular weight is 351 g/mol. The van der Waals surface area contributed by atoms with Gasteiger partial charge in [0, 0.05) is 6.20 Å². The maximum absolute atomic E-state index is 12.3. The fraction of sp³-hybridized carbons (Fsp3) is 0.250. The Balaban J connectivity index is 2.17. The van der Waals surface area contributed by atoms with Crippen molar-refractivity contribution in [2.45, 2.75) is 19.8 Å². The fourth-order valence-electron chi connectivity index (χ4n) is 2.17. The van der Waals surface area contributed by atoms with E-state index in [9.17, 15) is 10.1 Å². The number of carbonyl (C=O) groups excluding carboxylic acids is 1. The van der Waals surface area contributed by atoms with Crippen LogP contribution in [0.2, 0.25) is 0 Å². The molecule has 0 bridgehead atoms. The van der Waals surface area contributed by atoms with E-state index in [-0.39, 0.29) is 5.57 Å². The molecule has 0 radical (unpaired) electrons. The number of nitriles is 1. The second kappa shape index (κ2) is 9.84. The number of nitrogens with one attached hydrogen (secondary N) is 1. The van der Waals surface area contributed by atoms with Crippen LogP contribution >= 0.6 is 0 Å². The summed E-state index contributed by atoms with van der Waals surface area (Å²) in [6.07, 6.45) is 6.62. The molecule has 2 rings (SSSR count). The van der Waals surface area contributed by atoms with Gasteiger partial charge in [0.2, 0.25) is 0 Å². The third kappa shape index (κ3) is 5.35. The number of aromatic nitrogens is 1. The summed E-state index contributed by atoms with van der Waals surface area (Å²) >= 11 is 0. The van der Waals surface area contributed by atoms with Crippen LogP contribution in [-0.4, -0.2) is 24.6 Å². The van der Waals surface area contributed by atoms with Crippen LogP contribution in [0.3, 0.4) is 0 Å². The molecule has 134 valence electrons. The molecule has 1 N–H and O–H groups in total. The summed E-state index contributed by atoms with van der Waals surface area (Å²) in [7, 11) is 1.55. The monoisotopic (exact) mass is 351 g/mol. The molecular weight excluding hydrogens is 330 g/mol. The Hall–Kier alpha value is -3.33. The van der Waals surface area contributed by atoms with Gasteiger partial charge >= 0.3 is 0 Å². The van der Waals surface area contributed by atoms with Crippen LogP contribution in [0.5, 0.6) is 11.5 Å². The van der Waals surface area contributed by atoms with Crippen LogP contribution in [-0.2, 0) is 4.79 Å². The van der Waals surface area contributed by atoms with Crippen molar-refractivity contribution >= 4 is 17.7 Å². The highest BCUT2D eigenvalue weighted by atomic mass is 16.5. The van der Waals surface area contributed by atoms with E-state index in [1.54, 1.807) is 43.6 Å². The fourth-order valence-corrected chi connectivity index (χ4v) is 2.17. The standard InChI is InChI=1S/C20H21N3O3/c1-3-4-10-26-18-8-7-15(12-19(18)25-2)11-16(13-21)20(24)23-17-6-5-9-22-14-17/h5-9,11-12,14H,3-4,10H2,1-2H3,(H,23,24)/b16-11+. The number of nitrogens with zero attached hydrogens (tertiary/aromatic N) is 2. The third-order valence-corrected chi connectivity index (χ3v) is 3.54. The molecule has 0 aliphatic rings. The molecule has 0 fully saturated rings. The van der Waals surface area contributed by atoms with Gasteiger partial charge in [0.05, 0.1) is 25.6 Å². The summed E-state index contributed by atoms with van der Waals surface area (Å²) in [6.45, 7) is 2.70. The average Bonchev–Trinajstić information content (AvgIpc) is 2.67. The van der Waals surface area contributed by atoms with Gasteiger partial charge < -0.3 is 14.8 Å². The Kier molecular flexibility index (Phi) is 7.19. The number of benzene rings is 1. The van der Waals surface area contributed by atoms with Crippen LogP contribution in [0.1, 0.15) is 25.3 Å². The highest BCUT2D eigenvalue weighted by Gasteiger charge is 2.11. The summed E-state index contributed by atoms with van der Waals surface area (Å²) < 4.78 is 11.0. The number of hydrogen-bond donors (Lipinski definition) is 1. The van der Waals surface area contributed by atoms with Crippen LogP contribution in [0, 0.1) is 11.3 Å². The predicted octanol–water partition coefficient (Wildman–Crippen LogP) is 3.81. The van der Waals surface area contributed by atoms with Crippen molar-refractivity contribution in [3.63, 3.8) is 0 Å². The van der Waals surface area contributed by atoms with Crippen molar-refractivity contribution in [2.75, 3.05) is 19.0 Å². The van der Waals surface area contributed by atoms with Gasteiger partial charge in [-0.05, 0) is 42.3 Å². The molecule has 1 heterocycles. The summed E-state index contributed by atoms with van der Waals surface area (Å²) in [5.41, 5.74) is 1.18. The molecule has 2 aromatic rings. The van der Waals surface area contributed by atoms with Gasteiger partial charge in [-0.2, -0.15) is 5.26 Å². The lowest BCUT2D eigenvalue weighted by Gasteiger charge is -2.11. The zero-order chi connectivity index (χ0) is 18.8. The van der Waals surface area contributed by atoms with Crippen molar-refractivity contribution in [1.29, 1.82) is 5.26 Å². The van der Waals surface area contributed by atoms with E-state index in [0.717, 1.165) is 12.8 Å². The molecule has 0 unspecified atom stereocenters. The zero-order valence-electron chi connectivity index (χ0n) is 14.9. The summed E-state index contributed by atoms with van der Waals surface area (Å²) in [6, 6.07) is 10.6. The lowest BCUT2D eigenvalue weighted by Crippen LogP contribution is -2.13. The first-order valence-corrected chi connectivity index (χ1v) is 8.32. The highest BCUT2D eigenvalue weighted by Crippen LogP contribution is 2.29. The Labute approximate surface area is 153 Å². The van der Waals surface area contributed by atoms with Crippen molar-refractivity contribution in [3.05, 3.63) is 53.9 Å². The van der Waals surface area contributed by atoms with Crippen molar-refractivity contribution in [2.24, 2.45) is 0 Å². The molecule has 0 aliphatic heterocycles. The minimum absolute atomic E-state index is 0.0180. The number of rotatable bonds is 8. The topological polar surface area (TPSA) is 84.2 Å². The van der Waals surface area contributed by atoms with Gasteiger partial charge in [-0.15, -0.1) is 0 Å². The smallest absolute Gasteiger partial charge is 0.266 e. The second-order valence-electron chi connectivity index (χ2n) is 5.48. The van der Waals surface area contributed by atoms with E-state index < -0.39 is 5.91 Å². The van der Waals surface area contributed by atoms with Crippen molar-refractivity contribution in [1.82, 2.24) is 4.98 Å². The number of hydrogen-bond acceptors (Lipinski definition) is 5. The van der Waals surface area contributed by atoms with Crippen LogP contribution in [0.4, 0.5) is 5.69 Å². The van der Waals surface area contributed by atoms with Gasteiger partial charge in [0.15, 0.2) is 11.5 Å². The molecule has 1 amide bonds. The van der Waals surface area contributed by atoms with Gasteiger partial charge in [-0.1, -0.05) is 19.4 Å². The Morgan fingerprint density at radius 3 is 2.85 bits per heavy atom. The van der Waals surface area contributed by atoms with Crippen LogP contribution < -0.4 is 14.8 Å². The molecule has 0 spiro atoms. The maximum atomic E-state index is 12.3. The number of amides is 1. The number of pyridine rings is 1. The van der Waals surface area contributed by atoms with Crippen molar-refractivity contribution in [3.8, 4) is 17.6 Å². The summed E-state index contributed by atoms with van der Waals surface area (Å²) in [5, 5.41) is 11.9. The van der Waals surface area contributed by atoms with Gasteiger partial charge in [0.1, 0.15) is 11.6 Å². The van der Waals surface area contributed by atoms with Gasteiger partial charge in [-0.25, -0.2) is 0 Å². The third-order valence-electron chi connectivity index (χ3n) is 3.54. The van der Waals surface area contributed by atoms with Crippen LogP contribution in [0.25, 0.3) is 6.08 Å². The molecule has 0 saturated heterocycles. The molecule has 1 aromatic carbocycles. The molecule has 0 saturated carbocycles. The SMILES string of the molecule is CCCCOc1ccc(/C=C(\C#N)C(=O)Nc2cccnc2)cc1OC. The lowest BCUT2D eigenvalue weighted by molar-refractivity contribution is -0.112. The first kappa shape index (κ1) is 19.0. The van der Waals surface area contributed by atoms with Gasteiger partial charge in [-0.3, -0.25) is 9.78 Å². The first-order valence-electron chi connectivity index (χ1n) is 8.32. The number of unbranched alkanes of at least 4 members (excludes halogenated alkanes) is 1. The molecule has 0 aliphatic carbocycles. The molecule has 26 heavy (non-hydrogen) atoms. The van der Waals surface area contributed by atoms with E-state index in [1.807, 2.05) is 6.07 Å². The second-order valence-corrected chi connectivity index (χ2v) is 5.48. The number of ether oxygens (including phenoxy) is 2. The molecular formula is C20H21N3O3. The van der Waals surface area contributed by atoms with E-state index in [1.165, 1.54) is 12.3 Å². The first-order chi connectivity index (χ1) is 12.7. The van der Waals surface area contributed by atoms with E-state index in [4.69, 9.17) is 9.47 Å². The highest BCUT2D eigenvalue weighted by molar-refractivity contribution is 6.09. The normalized spacial score (nSPS) is 10.7. The Bertz CT molecular complexity index is 811. The van der Waals surface area contributed by atoms with Crippen molar-refractivity contribution < 1.29 is 14.3 Å². The Morgan fingerprint density at radius 1 is 1.35 bits per heavy atom. The number of methoxy groups -OCH3 is 1. The summed E-state index contributed by atoms with van der Waals surface area (Å²) in [5.74, 6) is 0.693. The van der Waals surface area contributed by atoms with E-state index >= 15 is 0 Å². The molecule has 1 aromatic heterocycles. The molecule has 6 heteroatoms. The van der Waals surface area contributed by atoms with E-state index in [2.05, 4.69) is 17.2 Å². The summed E-state index contributed by atoms with van der Waals surface area (Å²) in [4.78, 5) is 16.2. The quantitative estimate of drug-likeness (QED) is 0.444.